The minimum absolute atomic E-state index is 0.0254. The molecule has 39 heavy (non-hydrogen) atoms. The molecule has 3 heterocycles. The number of amides is 2. The Hall–Kier alpha value is -2.58. The van der Waals surface area contributed by atoms with Gasteiger partial charge in [0.1, 0.15) is 6.04 Å². The molecular formula is C31H42N2O5S. The normalized spacial score (nSPS) is 26.9. The summed E-state index contributed by atoms with van der Waals surface area (Å²) in [5.41, 5.74) is 2.81. The average Bonchev–Trinajstić information content (AvgIpc) is 3.55. The van der Waals surface area contributed by atoms with Crippen LogP contribution in [0.25, 0.3) is 0 Å². The number of carbonyl (C=O) groups excluding carboxylic acids is 3. The van der Waals surface area contributed by atoms with Crippen molar-refractivity contribution < 1.29 is 24.2 Å². The summed E-state index contributed by atoms with van der Waals surface area (Å²) in [5.74, 6) is -1.68. The van der Waals surface area contributed by atoms with Gasteiger partial charge in [-0.2, -0.15) is 0 Å². The first-order valence-corrected chi connectivity index (χ1v) is 15.1. The van der Waals surface area contributed by atoms with Crippen LogP contribution in [0.4, 0.5) is 5.69 Å². The molecule has 3 fully saturated rings. The minimum atomic E-state index is -0.687. The number of aliphatic hydroxyl groups is 1. The SMILES string of the molecule is C=CCCCCOC(=O)[C@@H]1[C@H]2C(=O)N(CCCCO)C(C(=O)N(CC=C)c3c(C)cccc3C)C23CC[C@H]1S3. The number of para-hydroxylation sites is 1. The fraction of sp³-hybridized carbons (Fsp3) is 0.581. The van der Waals surface area contributed by atoms with Crippen molar-refractivity contribution in [3.8, 4) is 0 Å². The molecule has 8 heteroatoms. The number of allylic oxidation sites excluding steroid dienone is 1. The van der Waals surface area contributed by atoms with E-state index in [1.54, 1.807) is 27.6 Å². The molecular weight excluding hydrogens is 512 g/mol. The second-order valence-electron chi connectivity index (χ2n) is 10.9. The Bertz CT molecular complexity index is 1090. The first-order valence-electron chi connectivity index (χ1n) is 14.2. The van der Waals surface area contributed by atoms with Crippen LogP contribution < -0.4 is 4.90 Å². The van der Waals surface area contributed by atoms with Crippen LogP contribution in [0, 0.1) is 25.7 Å². The number of aryl methyl sites for hydroxylation is 2. The highest BCUT2D eigenvalue weighted by atomic mass is 32.2. The highest BCUT2D eigenvalue weighted by Crippen LogP contribution is 2.66. The van der Waals surface area contributed by atoms with Gasteiger partial charge in [-0.25, -0.2) is 0 Å². The number of likely N-dealkylation sites (tertiary alicyclic amines) is 1. The fourth-order valence-corrected chi connectivity index (χ4v) is 8.99. The summed E-state index contributed by atoms with van der Waals surface area (Å²) in [6.07, 6.45) is 8.73. The predicted molar refractivity (Wildman–Crippen MR) is 156 cm³/mol. The second kappa shape index (κ2) is 12.7. The van der Waals surface area contributed by atoms with Gasteiger partial charge in [-0.1, -0.05) is 30.4 Å². The second-order valence-corrected chi connectivity index (χ2v) is 12.5. The number of hydrogen-bond acceptors (Lipinski definition) is 6. The van der Waals surface area contributed by atoms with Gasteiger partial charge >= 0.3 is 5.97 Å². The number of benzene rings is 1. The van der Waals surface area contributed by atoms with Crippen LogP contribution in [-0.2, 0) is 19.1 Å². The van der Waals surface area contributed by atoms with E-state index in [9.17, 15) is 19.5 Å². The first-order chi connectivity index (χ1) is 18.8. The standard InChI is InChI=1S/C31H42N2O5S/c1-5-7-8-11-20-38-30(37)24-23-15-16-31(39-23)25(24)28(35)33(18-9-10-19-34)27(31)29(36)32(17-6-2)26-21(3)13-12-14-22(26)4/h5-6,12-14,23-25,27,34H,1-2,7-11,15-20H2,3-4H3/t23-,24+,25+,27?,31?/m1/s1. The third-order valence-electron chi connectivity index (χ3n) is 8.45. The number of thioether (sulfide) groups is 1. The Kier molecular flexibility index (Phi) is 9.60. The molecule has 1 aromatic carbocycles. The zero-order valence-corrected chi connectivity index (χ0v) is 24.1. The van der Waals surface area contributed by atoms with Gasteiger partial charge in [-0.05, 0) is 69.9 Å². The number of esters is 1. The molecule has 1 spiro atoms. The van der Waals surface area contributed by atoms with Crippen molar-refractivity contribution in [1.29, 1.82) is 0 Å². The molecule has 0 saturated carbocycles. The van der Waals surface area contributed by atoms with E-state index in [2.05, 4.69) is 13.2 Å². The molecule has 5 atom stereocenters. The van der Waals surface area contributed by atoms with Crippen molar-refractivity contribution in [2.45, 2.75) is 74.8 Å². The zero-order chi connectivity index (χ0) is 28.2. The quantitative estimate of drug-likeness (QED) is 0.206. The topological polar surface area (TPSA) is 87.1 Å². The Morgan fingerprint density at radius 2 is 1.92 bits per heavy atom. The van der Waals surface area contributed by atoms with Gasteiger partial charge in [0, 0.05) is 30.6 Å². The number of hydrogen-bond donors (Lipinski definition) is 1. The van der Waals surface area contributed by atoms with Crippen molar-refractivity contribution in [2.24, 2.45) is 11.8 Å². The summed E-state index contributed by atoms with van der Waals surface area (Å²) in [6, 6.07) is 5.26. The highest BCUT2D eigenvalue weighted by Gasteiger charge is 2.74. The Balaban J connectivity index is 1.68. The molecule has 7 nitrogen and oxygen atoms in total. The van der Waals surface area contributed by atoms with Gasteiger partial charge in [-0.3, -0.25) is 14.4 Å². The fourth-order valence-electron chi connectivity index (χ4n) is 6.79. The molecule has 0 aromatic heterocycles. The maximum Gasteiger partial charge on any atom is 0.310 e. The molecule has 1 aromatic rings. The maximum atomic E-state index is 14.6. The molecule has 4 rings (SSSR count). The molecule has 212 valence electrons. The average molecular weight is 555 g/mol. The van der Waals surface area contributed by atoms with Crippen LogP contribution in [0.1, 0.15) is 56.1 Å². The Labute approximate surface area is 236 Å². The van der Waals surface area contributed by atoms with Crippen molar-refractivity contribution in [2.75, 3.05) is 31.2 Å². The first kappa shape index (κ1) is 29.4. The number of ether oxygens (including phenoxy) is 1. The summed E-state index contributed by atoms with van der Waals surface area (Å²) in [7, 11) is 0. The third kappa shape index (κ3) is 5.42. The number of nitrogens with zero attached hydrogens (tertiary/aromatic N) is 2. The molecule has 0 radical (unpaired) electrons. The van der Waals surface area contributed by atoms with Crippen molar-refractivity contribution in [3.05, 3.63) is 54.6 Å². The minimum Gasteiger partial charge on any atom is -0.465 e. The molecule has 2 bridgehead atoms. The zero-order valence-electron chi connectivity index (χ0n) is 23.3. The largest absolute Gasteiger partial charge is 0.465 e. The van der Waals surface area contributed by atoms with Crippen LogP contribution in [-0.4, -0.2) is 70.1 Å². The molecule has 1 N–H and O–H groups in total. The van der Waals surface area contributed by atoms with E-state index in [-0.39, 0.29) is 29.6 Å². The smallest absolute Gasteiger partial charge is 0.310 e. The van der Waals surface area contributed by atoms with Crippen LogP contribution in [0.15, 0.2) is 43.5 Å². The van der Waals surface area contributed by atoms with Gasteiger partial charge in [0.15, 0.2) is 0 Å². The van der Waals surface area contributed by atoms with Gasteiger partial charge in [0.2, 0.25) is 5.91 Å². The number of anilines is 1. The molecule has 3 aliphatic heterocycles. The summed E-state index contributed by atoms with van der Waals surface area (Å²) in [6.45, 7) is 12.7. The summed E-state index contributed by atoms with van der Waals surface area (Å²) in [5, 5.41) is 9.38. The van der Waals surface area contributed by atoms with E-state index >= 15 is 0 Å². The van der Waals surface area contributed by atoms with Crippen LogP contribution >= 0.6 is 11.8 Å². The number of carbonyl (C=O) groups is 3. The van der Waals surface area contributed by atoms with Crippen LogP contribution in [0.2, 0.25) is 0 Å². The lowest BCUT2D eigenvalue weighted by Crippen LogP contribution is -2.55. The Morgan fingerprint density at radius 3 is 2.59 bits per heavy atom. The van der Waals surface area contributed by atoms with Crippen molar-refractivity contribution in [3.63, 3.8) is 0 Å². The summed E-state index contributed by atoms with van der Waals surface area (Å²) >= 11 is 1.66. The van der Waals surface area contributed by atoms with E-state index < -0.39 is 22.6 Å². The monoisotopic (exact) mass is 554 g/mol. The molecule has 0 aliphatic carbocycles. The maximum absolute atomic E-state index is 14.6. The van der Waals surface area contributed by atoms with Crippen molar-refractivity contribution in [1.82, 2.24) is 4.90 Å². The molecule has 2 unspecified atom stereocenters. The van der Waals surface area contributed by atoms with Gasteiger partial charge in [0.25, 0.3) is 5.91 Å². The predicted octanol–water partition coefficient (Wildman–Crippen LogP) is 4.59. The van der Waals surface area contributed by atoms with Gasteiger partial charge in [0.05, 0.1) is 23.2 Å². The summed E-state index contributed by atoms with van der Waals surface area (Å²) in [4.78, 5) is 45.6. The van der Waals surface area contributed by atoms with Gasteiger partial charge < -0.3 is 19.6 Å². The number of fused-ring (bicyclic) bond motifs is 1. The molecule has 3 saturated heterocycles. The number of rotatable bonds is 14. The Morgan fingerprint density at radius 1 is 1.18 bits per heavy atom. The molecule has 3 aliphatic rings. The number of aliphatic hydroxyl groups excluding tert-OH is 1. The van der Waals surface area contributed by atoms with E-state index in [0.29, 0.717) is 39.0 Å². The summed E-state index contributed by atoms with van der Waals surface area (Å²) < 4.78 is 5.03. The van der Waals surface area contributed by atoms with E-state index in [4.69, 9.17) is 4.74 Å². The number of unbranched alkanes of at least 4 members (excludes halogenated alkanes) is 3. The lowest BCUT2D eigenvalue weighted by molar-refractivity contribution is -0.154. The third-order valence-corrected chi connectivity index (χ3v) is 10.4. The van der Waals surface area contributed by atoms with Crippen LogP contribution in [0.3, 0.4) is 0 Å². The highest BCUT2D eigenvalue weighted by molar-refractivity contribution is 8.02. The van der Waals surface area contributed by atoms with E-state index in [1.165, 1.54) is 0 Å². The van der Waals surface area contributed by atoms with E-state index in [1.807, 2.05) is 38.1 Å². The lowest BCUT2D eigenvalue weighted by Gasteiger charge is -2.38. The molecule has 2 amide bonds. The van der Waals surface area contributed by atoms with Crippen LogP contribution in [0.5, 0.6) is 0 Å². The van der Waals surface area contributed by atoms with Crippen molar-refractivity contribution >= 4 is 35.2 Å². The lowest BCUT2D eigenvalue weighted by atomic mass is 9.71. The van der Waals surface area contributed by atoms with Gasteiger partial charge in [-0.15, -0.1) is 24.9 Å². The van der Waals surface area contributed by atoms with E-state index in [0.717, 1.165) is 42.5 Å².